The predicted octanol–water partition coefficient (Wildman–Crippen LogP) is 3.17. The van der Waals surface area contributed by atoms with Gasteiger partial charge in [0.2, 0.25) is 0 Å². The number of halogens is 1. The maximum atomic E-state index is 13.8. The van der Waals surface area contributed by atoms with Crippen molar-refractivity contribution in [1.82, 2.24) is 0 Å². The Hall–Kier alpha value is -1.44. The van der Waals surface area contributed by atoms with Gasteiger partial charge < -0.3 is 9.47 Å². The van der Waals surface area contributed by atoms with E-state index in [0.717, 1.165) is 25.7 Å². The first kappa shape index (κ1) is 14.0. The van der Waals surface area contributed by atoms with Gasteiger partial charge in [0, 0.05) is 12.7 Å². The first-order chi connectivity index (χ1) is 9.24. The third kappa shape index (κ3) is 3.52. The second kappa shape index (κ2) is 6.65. The van der Waals surface area contributed by atoms with Gasteiger partial charge in [0.1, 0.15) is 11.9 Å². The molecule has 0 aliphatic heterocycles. The molecular formula is C15H18FNO2. The van der Waals surface area contributed by atoms with Crippen LogP contribution >= 0.6 is 0 Å². The maximum absolute atomic E-state index is 13.8. The predicted molar refractivity (Wildman–Crippen MR) is 69.0 cm³/mol. The van der Waals surface area contributed by atoms with Gasteiger partial charge >= 0.3 is 0 Å². The van der Waals surface area contributed by atoms with E-state index in [0.29, 0.717) is 5.56 Å². The number of benzene rings is 1. The molecule has 0 amide bonds. The highest BCUT2D eigenvalue weighted by molar-refractivity contribution is 5.34. The molecule has 4 heteroatoms. The van der Waals surface area contributed by atoms with Crippen LogP contribution in [0, 0.1) is 17.1 Å². The summed E-state index contributed by atoms with van der Waals surface area (Å²) in [7, 11) is 1.71. The Bertz CT molecular complexity index is 470. The summed E-state index contributed by atoms with van der Waals surface area (Å²) >= 11 is 0. The van der Waals surface area contributed by atoms with Crippen molar-refractivity contribution >= 4 is 0 Å². The summed E-state index contributed by atoms with van der Waals surface area (Å²) in [6.45, 7) is 0.211. The standard InChI is InChI=1S/C15H18FNO2/c1-18-13-6-3-7-14(8-13)19-10-12-5-2-4-11(9-17)15(12)16/h2,4-5,13-14H,3,6-8,10H2,1H3. The van der Waals surface area contributed by atoms with Gasteiger partial charge in [-0.1, -0.05) is 12.1 Å². The Labute approximate surface area is 112 Å². The quantitative estimate of drug-likeness (QED) is 0.838. The molecule has 1 aliphatic carbocycles. The molecule has 19 heavy (non-hydrogen) atoms. The molecule has 3 nitrogen and oxygen atoms in total. The highest BCUT2D eigenvalue weighted by Gasteiger charge is 2.22. The number of hydrogen-bond acceptors (Lipinski definition) is 3. The highest BCUT2D eigenvalue weighted by Crippen LogP contribution is 2.24. The lowest BCUT2D eigenvalue weighted by Crippen LogP contribution is -2.27. The van der Waals surface area contributed by atoms with Gasteiger partial charge in [-0.25, -0.2) is 4.39 Å². The molecule has 0 saturated heterocycles. The first-order valence-corrected chi connectivity index (χ1v) is 6.56. The lowest BCUT2D eigenvalue weighted by atomic mass is 9.95. The topological polar surface area (TPSA) is 42.2 Å². The fourth-order valence-electron chi connectivity index (χ4n) is 2.45. The van der Waals surface area contributed by atoms with Crippen molar-refractivity contribution in [2.45, 2.75) is 44.5 Å². The van der Waals surface area contributed by atoms with Gasteiger partial charge in [-0.05, 0) is 31.7 Å². The van der Waals surface area contributed by atoms with Crippen molar-refractivity contribution in [3.05, 3.63) is 35.1 Å². The van der Waals surface area contributed by atoms with Crippen molar-refractivity contribution in [3.8, 4) is 6.07 Å². The molecule has 0 heterocycles. The Morgan fingerprint density at radius 2 is 2.16 bits per heavy atom. The van der Waals surface area contributed by atoms with E-state index in [4.69, 9.17) is 14.7 Å². The SMILES string of the molecule is COC1CCCC(OCc2cccc(C#N)c2F)C1. The maximum Gasteiger partial charge on any atom is 0.146 e. The van der Waals surface area contributed by atoms with Crippen LogP contribution in [-0.2, 0) is 16.1 Å². The molecule has 1 saturated carbocycles. The zero-order valence-corrected chi connectivity index (χ0v) is 11.1. The zero-order valence-electron chi connectivity index (χ0n) is 11.1. The minimum absolute atomic E-state index is 0.0690. The molecule has 1 aliphatic rings. The number of ether oxygens (including phenoxy) is 2. The summed E-state index contributed by atoms with van der Waals surface area (Å²) in [5, 5.41) is 8.78. The van der Waals surface area contributed by atoms with E-state index in [1.165, 1.54) is 6.07 Å². The Morgan fingerprint density at radius 1 is 1.37 bits per heavy atom. The van der Waals surface area contributed by atoms with Crippen LogP contribution in [-0.4, -0.2) is 19.3 Å². The van der Waals surface area contributed by atoms with E-state index in [9.17, 15) is 4.39 Å². The van der Waals surface area contributed by atoms with Crippen LogP contribution in [0.1, 0.15) is 36.8 Å². The van der Waals surface area contributed by atoms with Crippen LogP contribution in [0.3, 0.4) is 0 Å². The minimum atomic E-state index is -0.468. The van der Waals surface area contributed by atoms with Crippen LogP contribution < -0.4 is 0 Å². The molecular weight excluding hydrogens is 245 g/mol. The van der Waals surface area contributed by atoms with Gasteiger partial charge in [-0.2, -0.15) is 5.26 Å². The molecule has 0 aromatic heterocycles. The van der Waals surface area contributed by atoms with Crippen LogP contribution in [0.15, 0.2) is 18.2 Å². The van der Waals surface area contributed by atoms with Gasteiger partial charge in [0.05, 0.1) is 24.4 Å². The Morgan fingerprint density at radius 3 is 2.89 bits per heavy atom. The molecule has 2 atom stereocenters. The highest BCUT2D eigenvalue weighted by atomic mass is 19.1. The lowest BCUT2D eigenvalue weighted by Gasteiger charge is -2.28. The van der Waals surface area contributed by atoms with E-state index in [2.05, 4.69) is 0 Å². The molecule has 1 fully saturated rings. The second-order valence-corrected chi connectivity index (χ2v) is 4.85. The molecule has 0 bridgehead atoms. The van der Waals surface area contributed by atoms with Crippen LogP contribution in [0.5, 0.6) is 0 Å². The van der Waals surface area contributed by atoms with Gasteiger partial charge in [0.15, 0.2) is 0 Å². The van der Waals surface area contributed by atoms with Crippen molar-refractivity contribution in [2.24, 2.45) is 0 Å². The summed E-state index contributed by atoms with van der Waals surface area (Å²) < 4.78 is 24.9. The summed E-state index contributed by atoms with van der Waals surface area (Å²) in [4.78, 5) is 0. The zero-order chi connectivity index (χ0) is 13.7. The normalized spacial score (nSPS) is 23.0. The fourth-order valence-corrected chi connectivity index (χ4v) is 2.45. The molecule has 0 N–H and O–H groups in total. The first-order valence-electron chi connectivity index (χ1n) is 6.56. The van der Waals surface area contributed by atoms with Crippen LogP contribution in [0.4, 0.5) is 4.39 Å². The van der Waals surface area contributed by atoms with Crippen molar-refractivity contribution in [1.29, 1.82) is 5.26 Å². The monoisotopic (exact) mass is 263 g/mol. The van der Waals surface area contributed by atoms with E-state index in [1.807, 2.05) is 6.07 Å². The van der Waals surface area contributed by atoms with E-state index >= 15 is 0 Å². The smallest absolute Gasteiger partial charge is 0.146 e. The molecule has 0 spiro atoms. The molecule has 2 rings (SSSR count). The summed E-state index contributed by atoms with van der Waals surface area (Å²) in [5.74, 6) is -0.468. The minimum Gasteiger partial charge on any atom is -0.381 e. The van der Waals surface area contributed by atoms with E-state index in [-0.39, 0.29) is 24.4 Å². The third-order valence-electron chi connectivity index (χ3n) is 3.59. The average Bonchev–Trinajstić information content (AvgIpc) is 2.46. The third-order valence-corrected chi connectivity index (χ3v) is 3.59. The molecule has 1 aromatic carbocycles. The van der Waals surface area contributed by atoms with Crippen LogP contribution in [0.25, 0.3) is 0 Å². The van der Waals surface area contributed by atoms with Gasteiger partial charge in [-0.3, -0.25) is 0 Å². The van der Waals surface area contributed by atoms with Gasteiger partial charge in [0.25, 0.3) is 0 Å². The van der Waals surface area contributed by atoms with Crippen molar-refractivity contribution < 1.29 is 13.9 Å². The lowest BCUT2D eigenvalue weighted by molar-refractivity contribution is -0.0369. The van der Waals surface area contributed by atoms with E-state index in [1.54, 1.807) is 19.2 Å². The van der Waals surface area contributed by atoms with Crippen molar-refractivity contribution in [2.75, 3.05) is 7.11 Å². The number of rotatable bonds is 4. The number of hydrogen-bond donors (Lipinski definition) is 0. The molecule has 1 aromatic rings. The molecule has 0 radical (unpaired) electrons. The number of nitrogens with zero attached hydrogens (tertiary/aromatic N) is 1. The van der Waals surface area contributed by atoms with Crippen molar-refractivity contribution in [3.63, 3.8) is 0 Å². The van der Waals surface area contributed by atoms with Crippen LogP contribution in [0.2, 0.25) is 0 Å². The summed E-state index contributed by atoms with van der Waals surface area (Å²) in [6.07, 6.45) is 4.34. The average molecular weight is 263 g/mol. The second-order valence-electron chi connectivity index (χ2n) is 4.85. The largest absolute Gasteiger partial charge is 0.381 e. The number of nitriles is 1. The Balaban J connectivity index is 1.94. The summed E-state index contributed by atoms with van der Waals surface area (Å²) in [6, 6.07) is 6.65. The summed E-state index contributed by atoms with van der Waals surface area (Å²) in [5.41, 5.74) is 0.512. The van der Waals surface area contributed by atoms with E-state index < -0.39 is 5.82 Å². The molecule has 2 unspecified atom stereocenters. The fraction of sp³-hybridized carbons (Fsp3) is 0.533. The number of methoxy groups -OCH3 is 1. The Kier molecular flexibility index (Phi) is 4.89. The molecule has 102 valence electrons. The van der Waals surface area contributed by atoms with Gasteiger partial charge in [-0.15, -0.1) is 0 Å².